The fourth-order valence-corrected chi connectivity index (χ4v) is 2.79. The van der Waals surface area contributed by atoms with Crippen LogP contribution in [0.4, 0.5) is 0 Å². The summed E-state index contributed by atoms with van der Waals surface area (Å²) in [6, 6.07) is 16.1. The molecule has 0 atom stereocenters. The summed E-state index contributed by atoms with van der Waals surface area (Å²) < 4.78 is 5.44. The van der Waals surface area contributed by atoms with Crippen LogP contribution in [-0.2, 0) is 9.53 Å². The first kappa shape index (κ1) is 14.4. The quantitative estimate of drug-likeness (QED) is 0.515. The first-order valence-electron chi connectivity index (χ1n) is 7.75. The number of carbonyl (C=O) groups excluding carboxylic acids is 1. The van der Waals surface area contributed by atoms with E-state index in [1.807, 2.05) is 24.3 Å². The zero-order chi connectivity index (χ0) is 16.5. The average molecular weight is 313 g/mol. The Labute approximate surface area is 139 Å². The fourth-order valence-electron chi connectivity index (χ4n) is 2.79. The van der Waals surface area contributed by atoms with Gasteiger partial charge in [0.15, 0.2) is 0 Å². The zero-order valence-corrected chi connectivity index (χ0v) is 13.2. The Hall–Kier alpha value is -3.20. The number of hydrogen-bond donors (Lipinski definition) is 0. The highest BCUT2D eigenvalue weighted by atomic mass is 16.5. The van der Waals surface area contributed by atoms with Crippen LogP contribution in [0.15, 0.2) is 72.6 Å². The number of fused-ring (bicyclic) bond motifs is 1. The van der Waals surface area contributed by atoms with Gasteiger partial charge >= 0.3 is 5.97 Å². The first-order valence-corrected chi connectivity index (χ1v) is 7.75. The van der Waals surface area contributed by atoms with Crippen molar-refractivity contribution in [2.45, 2.75) is 6.92 Å². The lowest BCUT2D eigenvalue weighted by Crippen LogP contribution is -1.97. The van der Waals surface area contributed by atoms with Gasteiger partial charge in [-0.15, -0.1) is 0 Å². The number of carbonyl (C=O) groups is 1. The maximum absolute atomic E-state index is 12.1. The summed E-state index contributed by atoms with van der Waals surface area (Å²) in [4.78, 5) is 16.2. The topological polar surface area (TPSA) is 39.2 Å². The van der Waals surface area contributed by atoms with Crippen molar-refractivity contribution in [2.24, 2.45) is 0 Å². The van der Waals surface area contributed by atoms with E-state index >= 15 is 0 Å². The molecule has 0 radical (unpaired) electrons. The van der Waals surface area contributed by atoms with Gasteiger partial charge < -0.3 is 4.74 Å². The summed E-state index contributed by atoms with van der Waals surface area (Å²) in [5.74, 6) is 0.246. The summed E-state index contributed by atoms with van der Waals surface area (Å²) in [5, 5.41) is 2.30. The molecule has 0 spiro atoms. The van der Waals surface area contributed by atoms with Crippen molar-refractivity contribution in [3.8, 4) is 0 Å². The number of nitrogens with zero attached hydrogens (tertiary/aromatic N) is 1. The minimum atomic E-state index is -0.335. The number of hydrogen-bond acceptors (Lipinski definition) is 3. The summed E-state index contributed by atoms with van der Waals surface area (Å²) >= 11 is 0. The van der Waals surface area contributed by atoms with Gasteiger partial charge in [0.05, 0.1) is 5.57 Å². The van der Waals surface area contributed by atoms with Crippen molar-refractivity contribution in [3.63, 3.8) is 0 Å². The molecule has 1 aliphatic rings. The van der Waals surface area contributed by atoms with Gasteiger partial charge in [0, 0.05) is 18.0 Å². The third-order valence-corrected chi connectivity index (χ3v) is 4.01. The molecule has 0 unspecified atom stereocenters. The van der Waals surface area contributed by atoms with E-state index in [9.17, 15) is 4.79 Å². The lowest BCUT2D eigenvalue weighted by Gasteiger charge is -2.05. The third-order valence-electron chi connectivity index (χ3n) is 4.01. The molecule has 116 valence electrons. The van der Waals surface area contributed by atoms with E-state index < -0.39 is 0 Å². The molecule has 3 heteroatoms. The van der Waals surface area contributed by atoms with Crippen molar-refractivity contribution < 1.29 is 9.53 Å². The van der Waals surface area contributed by atoms with Gasteiger partial charge in [0.25, 0.3) is 0 Å². The van der Waals surface area contributed by atoms with Crippen molar-refractivity contribution in [1.29, 1.82) is 0 Å². The predicted octanol–water partition coefficient (Wildman–Crippen LogP) is 4.52. The van der Waals surface area contributed by atoms with Crippen LogP contribution in [0.5, 0.6) is 0 Å². The highest BCUT2D eigenvalue weighted by Gasteiger charge is 2.22. The van der Waals surface area contributed by atoms with E-state index in [4.69, 9.17) is 4.74 Å². The molecule has 3 aromatic rings. The van der Waals surface area contributed by atoms with Crippen LogP contribution in [0.3, 0.4) is 0 Å². The van der Waals surface area contributed by atoms with Gasteiger partial charge in [0.1, 0.15) is 5.76 Å². The van der Waals surface area contributed by atoms with Crippen LogP contribution < -0.4 is 0 Å². The van der Waals surface area contributed by atoms with Crippen LogP contribution in [-0.4, -0.2) is 11.0 Å². The molecule has 3 nitrogen and oxygen atoms in total. The number of benzene rings is 2. The van der Waals surface area contributed by atoms with Gasteiger partial charge in [0.2, 0.25) is 0 Å². The first-order chi connectivity index (χ1) is 11.7. The average Bonchev–Trinajstić information content (AvgIpc) is 2.96. The van der Waals surface area contributed by atoms with Gasteiger partial charge in [-0.1, -0.05) is 42.0 Å². The van der Waals surface area contributed by atoms with E-state index in [1.165, 1.54) is 10.9 Å². The Morgan fingerprint density at radius 3 is 2.71 bits per heavy atom. The maximum atomic E-state index is 12.1. The van der Waals surface area contributed by atoms with Crippen molar-refractivity contribution in [1.82, 2.24) is 4.98 Å². The molecule has 0 aliphatic carbocycles. The number of rotatable bonds is 2. The highest BCUT2D eigenvalue weighted by Crippen LogP contribution is 2.29. The standard InChI is InChI=1S/C21H15NO2/c1-14-4-5-17-11-18(7-6-16(17)9-14)20-12-19(21(23)24-20)10-15-3-2-8-22-13-15/h2-13H,1H3/b19-10+. The number of pyridine rings is 1. The molecule has 0 saturated heterocycles. The summed E-state index contributed by atoms with van der Waals surface area (Å²) in [6.07, 6.45) is 6.98. The van der Waals surface area contributed by atoms with E-state index in [0.29, 0.717) is 11.3 Å². The molecule has 0 amide bonds. The zero-order valence-electron chi connectivity index (χ0n) is 13.2. The van der Waals surface area contributed by atoms with Crippen LogP contribution >= 0.6 is 0 Å². The summed E-state index contributed by atoms with van der Waals surface area (Å²) in [5.41, 5.74) is 3.52. The predicted molar refractivity (Wildman–Crippen MR) is 95.0 cm³/mol. The number of aromatic nitrogens is 1. The molecule has 0 fully saturated rings. The van der Waals surface area contributed by atoms with Crippen LogP contribution in [0.2, 0.25) is 0 Å². The highest BCUT2D eigenvalue weighted by molar-refractivity contribution is 6.05. The Bertz CT molecular complexity index is 1000. The lowest BCUT2D eigenvalue weighted by molar-refractivity contribution is -0.130. The summed E-state index contributed by atoms with van der Waals surface area (Å²) in [7, 11) is 0. The normalized spacial score (nSPS) is 15.6. The number of cyclic esters (lactones) is 1. The minimum Gasteiger partial charge on any atom is -0.422 e. The summed E-state index contributed by atoms with van der Waals surface area (Å²) in [6.45, 7) is 2.07. The lowest BCUT2D eigenvalue weighted by atomic mass is 10.0. The van der Waals surface area contributed by atoms with E-state index in [1.54, 1.807) is 24.5 Å². The van der Waals surface area contributed by atoms with Crippen molar-refractivity contribution in [3.05, 3.63) is 89.3 Å². The minimum absolute atomic E-state index is 0.335. The number of esters is 1. The molecule has 1 aromatic heterocycles. The SMILES string of the molecule is Cc1ccc2cc(C3=C/C(=C\c4cccnc4)C(=O)O3)ccc2c1. The fraction of sp³-hybridized carbons (Fsp3) is 0.0476. The van der Waals surface area contributed by atoms with E-state index in [0.717, 1.165) is 16.5 Å². The maximum Gasteiger partial charge on any atom is 0.343 e. The smallest absolute Gasteiger partial charge is 0.343 e. The third kappa shape index (κ3) is 2.72. The largest absolute Gasteiger partial charge is 0.422 e. The Kier molecular flexibility index (Phi) is 3.47. The van der Waals surface area contributed by atoms with Crippen molar-refractivity contribution >= 4 is 28.6 Å². The van der Waals surface area contributed by atoms with Gasteiger partial charge in [-0.3, -0.25) is 4.98 Å². The Morgan fingerprint density at radius 1 is 1.04 bits per heavy atom. The number of ether oxygens (including phenoxy) is 1. The van der Waals surface area contributed by atoms with Gasteiger partial charge in [-0.05, 0) is 47.5 Å². The van der Waals surface area contributed by atoms with Gasteiger partial charge in [-0.2, -0.15) is 0 Å². The van der Waals surface area contributed by atoms with Crippen LogP contribution in [0.25, 0.3) is 22.6 Å². The molecular weight excluding hydrogens is 298 g/mol. The second-order valence-corrected chi connectivity index (χ2v) is 5.85. The molecule has 4 rings (SSSR count). The molecule has 2 heterocycles. The van der Waals surface area contributed by atoms with Crippen molar-refractivity contribution in [2.75, 3.05) is 0 Å². The van der Waals surface area contributed by atoms with E-state index in [-0.39, 0.29) is 5.97 Å². The monoisotopic (exact) mass is 313 g/mol. The molecular formula is C21H15NO2. The van der Waals surface area contributed by atoms with Crippen LogP contribution in [0, 0.1) is 6.92 Å². The van der Waals surface area contributed by atoms with E-state index in [2.05, 4.69) is 36.2 Å². The molecule has 2 aromatic carbocycles. The number of aryl methyl sites for hydroxylation is 1. The molecule has 0 N–H and O–H groups in total. The Morgan fingerprint density at radius 2 is 1.88 bits per heavy atom. The molecule has 1 aliphatic heterocycles. The van der Waals surface area contributed by atoms with Gasteiger partial charge in [-0.25, -0.2) is 4.79 Å². The second-order valence-electron chi connectivity index (χ2n) is 5.85. The Balaban J connectivity index is 1.72. The molecule has 0 bridgehead atoms. The molecule has 0 saturated carbocycles. The van der Waals surface area contributed by atoms with Crippen LogP contribution in [0.1, 0.15) is 16.7 Å². The second kappa shape index (κ2) is 5.78. The molecule has 24 heavy (non-hydrogen) atoms.